The molecule has 0 spiro atoms. The molecule has 0 radical (unpaired) electrons. The van der Waals surface area contributed by atoms with Gasteiger partial charge in [0, 0.05) is 19.2 Å². The number of nitrogens with two attached hydrogens (primary N) is 1. The molecule has 0 saturated carbocycles. The Balaban J connectivity index is 2.06. The van der Waals surface area contributed by atoms with Gasteiger partial charge >= 0.3 is 12.0 Å². The summed E-state index contributed by atoms with van der Waals surface area (Å²) in [7, 11) is 0. The lowest BCUT2D eigenvalue weighted by Crippen LogP contribution is -2.38. The molecule has 3 N–H and O–H groups in total. The van der Waals surface area contributed by atoms with Gasteiger partial charge in [-0.05, 0) is 47.9 Å². The number of hydrogen-bond acceptors (Lipinski definition) is 5. The van der Waals surface area contributed by atoms with Crippen molar-refractivity contribution in [3.05, 3.63) is 65.5 Å². The first-order valence-corrected chi connectivity index (χ1v) is 9.62. The Kier molecular flexibility index (Phi) is 6.99. The number of carbonyl (C=O) groups excluding carboxylic acids is 1. The van der Waals surface area contributed by atoms with Gasteiger partial charge in [-0.25, -0.2) is 14.0 Å². The molecule has 8 nitrogen and oxygen atoms in total. The van der Waals surface area contributed by atoms with Gasteiger partial charge in [0.05, 0.1) is 30.8 Å². The number of aliphatic carboxylic acids is 1. The molecule has 1 fully saturated rings. The van der Waals surface area contributed by atoms with Gasteiger partial charge in [0.25, 0.3) is 0 Å². The number of anilines is 2. The van der Waals surface area contributed by atoms with Crippen LogP contribution >= 0.6 is 0 Å². The minimum Gasteiger partial charge on any atom is -0.478 e. The van der Waals surface area contributed by atoms with Gasteiger partial charge in [-0.15, -0.1) is 0 Å². The van der Waals surface area contributed by atoms with Crippen LogP contribution in [0.3, 0.4) is 0 Å². The van der Waals surface area contributed by atoms with E-state index >= 15 is 0 Å². The molecule has 2 amide bonds. The number of carbonyl (C=O) groups is 2. The first-order valence-electron chi connectivity index (χ1n) is 9.62. The maximum Gasteiger partial charge on any atom is 0.340 e. The van der Waals surface area contributed by atoms with E-state index in [0.29, 0.717) is 54.4 Å². The third kappa shape index (κ3) is 5.67. The minimum atomic E-state index is -1.07. The molecular formula is C22H23FN4O4. The Bertz CT molecular complexity index is 1010. The second kappa shape index (κ2) is 9.86. The van der Waals surface area contributed by atoms with Crippen LogP contribution in [0, 0.1) is 5.82 Å². The van der Waals surface area contributed by atoms with Crippen LogP contribution < -0.4 is 15.6 Å². The number of ether oxygens (including phenoxy) is 1. The number of nitrogens with zero attached hydrogens (tertiary/aromatic N) is 3. The first-order chi connectivity index (χ1) is 14.8. The first kappa shape index (κ1) is 22.0. The molecule has 0 aliphatic carbocycles. The normalized spacial score (nSPS) is 14.6. The van der Waals surface area contributed by atoms with E-state index in [0.717, 1.165) is 11.1 Å². The number of allylic oxidation sites excluding steroid dienone is 1. The monoisotopic (exact) mass is 426 g/mol. The highest BCUT2D eigenvalue weighted by Crippen LogP contribution is 2.33. The molecule has 2 aromatic rings. The molecule has 0 unspecified atom stereocenters. The van der Waals surface area contributed by atoms with E-state index in [1.807, 2.05) is 4.90 Å². The summed E-state index contributed by atoms with van der Waals surface area (Å²) < 4.78 is 18.6. The molecule has 2 aromatic carbocycles. The number of hydrogen-bond donors (Lipinski definition) is 2. The average Bonchev–Trinajstić information content (AvgIpc) is 2.75. The lowest BCUT2D eigenvalue weighted by atomic mass is 10.0. The lowest BCUT2D eigenvalue weighted by Gasteiger charge is -2.32. The summed E-state index contributed by atoms with van der Waals surface area (Å²) >= 11 is 0. The Hall–Kier alpha value is -3.72. The number of urea groups is 1. The lowest BCUT2D eigenvalue weighted by molar-refractivity contribution is -0.131. The van der Waals surface area contributed by atoms with Crippen molar-refractivity contribution in [2.24, 2.45) is 10.8 Å². The van der Waals surface area contributed by atoms with E-state index in [9.17, 15) is 14.0 Å². The maximum absolute atomic E-state index is 13.2. The molecule has 1 aliphatic heterocycles. The molecule has 3 rings (SSSR count). The van der Waals surface area contributed by atoms with Crippen LogP contribution in [0.4, 0.5) is 20.6 Å². The predicted molar refractivity (Wildman–Crippen MR) is 117 cm³/mol. The SMILES string of the molecule is C/C(=C\C(=O)O)c1ccc(N2CCOCC2)c(N(/N=C/c2ccc(F)cc2)C(N)=O)c1. The van der Waals surface area contributed by atoms with Crippen molar-refractivity contribution in [1.82, 2.24) is 0 Å². The van der Waals surface area contributed by atoms with Crippen LogP contribution in [0.5, 0.6) is 0 Å². The zero-order valence-electron chi connectivity index (χ0n) is 17.0. The summed E-state index contributed by atoms with van der Waals surface area (Å²) in [5.74, 6) is -1.45. The highest BCUT2D eigenvalue weighted by Gasteiger charge is 2.22. The molecule has 31 heavy (non-hydrogen) atoms. The van der Waals surface area contributed by atoms with Gasteiger partial charge in [-0.2, -0.15) is 10.1 Å². The number of carboxylic acid groups (broad SMARTS) is 1. The molecule has 1 saturated heterocycles. The second-order valence-corrected chi connectivity index (χ2v) is 6.91. The highest BCUT2D eigenvalue weighted by atomic mass is 19.1. The number of amides is 2. The number of benzene rings is 2. The minimum absolute atomic E-state index is 0.382. The van der Waals surface area contributed by atoms with Crippen molar-refractivity contribution in [2.75, 3.05) is 36.2 Å². The van der Waals surface area contributed by atoms with Gasteiger partial charge < -0.3 is 20.5 Å². The van der Waals surface area contributed by atoms with Gasteiger partial charge in [-0.1, -0.05) is 18.2 Å². The highest BCUT2D eigenvalue weighted by molar-refractivity contribution is 5.98. The Morgan fingerprint density at radius 3 is 2.48 bits per heavy atom. The number of carboxylic acids is 1. The van der Waals surface area contributed by atoms with Crippen LogP contribution in [0.1, 0.15) is 18.1 Å². The zero-order chi connectivity index (χ0) is 22.4. The van der Waals surface area contributed by atoms with Crippen LogP contribution in [-0.2, 0) is 9.53 Å². The Labute approximate surface area is 179 Å². The quantitative estimate of drug-likeness (QED) is 0.419. The van der Waals surface area contributed by atoms with Gasteiger partial charge in [0.2, 0.25) is 0 Å². The number of hydrazone groups is 1. The number of primary amides is 1. The van der Waals surface area contributed by atoms with Crippen LogP contribution in [-0.4, -0.2) is 49.6 Å². The fraction of sp³-hybridized carbons (Fsp3) is 0.227. The molecule has 1 heterocycles. The van der Waals surface area contributed by atoms with E-state index in [4.69, 9.17) is 15.6 Å². The zero-order valence-corrected chi connectivity index (χ0v) is 17.0. The number of halogens is 1. The summed E-state index contributed by atoms with van der Waals surface area (Å²) in [6.45, 7) is 3.97. The third-order valence-corrected chi connectivity index (χ3v) is 4.75. The van der Waals surface area contributed by atoms with E-state index in [1.54, 1.807) is 25.1 Å². The fourth-order valence-corrected chi connectivity index (χ4v) is 3.19. The summed E-state index contributed by atoms with van der Waals surface area (Å²) in [4.78, 5) is 25.4. The number of rotatable bonds is 6. The van der Waals surface area contributed by atoms with Crippen molar-refractivity contribution >= 4 is 35.2 Å². The molecule has 1 aliphatic rings. The molecule has 0 atom stereocenters. The van der Waals surface area contributed by atoms with E-state index < -0.39 is 12.0 Å². The molecule has 0 aromatic heterocycles. The summed E-state index contributed by atoms with van der Waals surface area (Å²) in [6.07, 6.45) is 2.49. The molecule has 162 valence electrons. The standard InChI is InChI=1S/C22H23FN4O4/c1-15(12-21(28)29)17-4-7-19(26-8-10-31-11-9-26)20(13-17)27(22(24)30)25-14-16-2-5-18(23)6-3-16/h2-7,12-14H,8-11H2,1H3,(H2,24,30)(H,28,29)/b15-12+,25-14+. The van der Waals surface area contributed by atoms with Crippen LogP contribution in [0.25, 0.3) is 5.57 Å². The van der Waals surface area contributed by atoms with E-state index in [1.165, 1.54) is 30.5 Å². The Morgan fingerprint density at radius 1 is 1.19 bits per heavy atom. The van der Waals surface area contributed by atoms with Crippen molar-refractivity contribution in [1.29, 1.82) is 0 Å². The summed E-state index contributed by atoms with van der Waals surface area (Å²) in [5.41, 5.74) is 8.44. The van der Waals surface area contributed by atoms with Gasteiger partial charge in [-0.3, -0.25) is 0 Å². The molecular weight excluding hydrogens is 403 g/mol. The molecule has 9 heteroatoms. The molecule has 0 bridgehead atoms. The third-order valence-electron chi connectivity index (χ3n) is 4.75. The van der Waals surface area contributed by atoms with Crippen LogP contribution in [0.2, 0.25) is 0 Å². The maximum atomic E-state index is 13.2. The number of morpholine rings is 1. The predicted octanol–water partition coefficient (Wildman–Crippen LogP) is 3.07. The largest absolute Gasteiger partial charge is 0.478 e. The van der Waals surface area contributed by atoms with Gasteiger partial charge in [0.1, 0.15) is 5.82 Å². The van der Waals surface area contributed by atoms with E-state index in [-0.39, 0.29) is 5.82 Å². The van der Waals surface area contributed by atoms with E-state index in [2.05, 4.69) is 5.10 Å². The second-order valence-electron chi connectivity index (χ2n) is 6.91. The smallest absolute Gasteiger partial charge is 0.340 e. The summed E-state index contributed by atoms with van der Waals surface area (Å²) in [5, 5.41) is 14.3. The average molecular weight is 426 g/mol. The van der Waals surface area contributed by atoms with Gasteiger partial charge in [0.15, 0.2) is 0 Å². The van der Waals surface area contributed by atoms with Crippen LogP contribution in [0.15, 0.2) is 53.6 Å². The van der Waals surface area contributed by atoms with Crippen molar-refractivity contribution in [2.45, 2.75) is 6.92 Å². The Morgan fingerprint density at radius 2 is 1.87 bits per heavy atom. The fourth-order valence-electron chi connectivity index (χ4n) is 3.19. The van der Waals surface area contributed by atoms with Crippen molar-refractivity contribution in [3.8, 4) is 0 Å². The topological polar surface area (TPSA) is 108 Å². The van der Waals surface area contributed by atoms with Crippen molar-refractivity contribution < 1.29 is 23.8 Å². The van der Waals surface area contributed by atoms with Crippen molar-refractivity contribution in [3.63, 3.8) is 0 Å². The summed E-state index contributed by atoms with van der Waals surface area (Å²) in [6, 6.07) is 10.1.